The number of anilines is 4. The zero-order chi connectivity index (χ0) is 30.5. The Kier molecular flexibility index (Phi) is 5.64. The lowest BCUT2D eigenvalue weighted by molar-refractivity contribution is -0.0220. The highest BCUT2D eigenvalue weighted by Crippen LogP contribution is 2.55. The van der Waals surface area contributed by atoms with Gasteiger partial charge in [0, 0.05) is 15.8 Å². The zero-order valence-corrected chi connectivity index (χ0v) is 26.4. The number of nitrogens with one attached hydrogen (secondary N) is 2. The first-order valence-corrected chi connectivity index (χ1v) is 16.9. The van der Waals surface area contributed by atoms with Crippen LogP contribution in [0, 0.1) is 0 Å². The van der Waals surface area contributed by atoms with Crippen molar-refractivity contribution in [1.29, 1.82) is 0 Å². The summed E-state index contributed by atoms with van der Waals surface area (Å²) in [6.45, 7) is 4.28. The number of ether oxygens (including phenoxy) is 1. The molecule has 46 heavy (non-hydrogen) atoms. The van der Waals surface area contributed by atoms with Crippen LogP contribution in [-0.4, -0.2) is 58.0 Å². The summed E-state index contributed by atoms with van der Waals surface area (Å²) in [5.41, 5.74) is 11.7. The Labute approximate surface area is 272 Å². The van der Waals surface area contributed by atoms with Crippen molar-refractivity contribution in [2.45, 2.75) is 73.0 Å². The third-order valence-electron chi connectivity index (χ3n) is 10.5. The molecule has 4 aromatic rings. The van der Waals surface area contributed by atoms with Gasteiger partial charge in [-0.25, -0.2) is 0 Å². The van der Waals surface area contributed by atoms with Crippen molar-refractivity contribution in [3.8, 4) is 11.5 Å². The molecule has 6 unspecified atom stereocenters. The van der Waals surface area contributed by atoms with Crippen molar-refractivity contribution < 1.29 is 4.74 Å². The summed E-state index contributed by atoms with van der Waals surface area (Å²) >= 11 is 1.87. The number of hydrogen-bond acceptors (Lipinski definition) is 10. The normalized spacial score (nSPS) is 28.1. The van der Waals surface area contributed by atoms with Crippen molar-refractivity contribution >= 4 is 46.2 Å². The van der Waals surface area contributed by atoms with Crippen molar-refractivity contribution in [1.82, 2.24) is 20.7 Å². The zero-order valence-electron chi connectivity index (χ0n) is 25.6. The van der Waals surface area contributed by atoms with E-state index in [1.165, 1.54) is 21.2 Å². The van der Waals surface area contributed by atoms with Gasteiger partial charge in [0.25, 0.3) is 0 Å². The van der Waals surface area contributed by atoms with E-state index in [9.17, 15) is 0 Å². The summed E-state index contributed by atoms with van der Waals surface area (Å²) in [6.07, 6.45) is 1.88. The van der Waals surface area contributed by atoms with Crippen LogP contribution in [0.15, 0.2) is 117 Å². The Morgan fingerprint density at radius 3 is 1.74 bits per heavy atom. The number of piperazine rings is 1. The molecule has 10 rings (SSSR count). The van der Waals surface area contributed by atoms with Crippen LogP contribution in [0.5, 0.6) is 11.5 Å². The molecular weight excluding hydrogens is 593 g/mol. The number of benzene rings is 4. The average molecular weight is 627 g/mol. The lowest BCUT2D eigenvalue weighted by Gasteiger charge is -2.60. The first-order chi connectivity index (χ1) is 22.7. The predicted octanol–water partition coefficient (Wildman–Crippen LogP) is 6.64. The minimum absolute atomic E-state index is 0.0115. The average Bonchev–Trinajstić information content (AvgIpc) is 3.68. The number of amidine groups is 2. The highest BCUT2D eigenvalue weighted by molar-refractivity contribution is 7.99. The van der Waals surface area contributed by atoms with Gasteiger partial charge in [0.15, 0.2) is 23.8 Å². The Bertz CT molecular complexity index is 1860. The largest absolute Gasteiger partial charge is 0.453 e. The van der Waals surface area contributed by atoms with Gasteiger partial charge in [-0.15, -0.1) is 0 Å². The molecule has 1 aliphatic carbocycles. The summed E-state index contributed by atoms with van der Waals surface area (Å²) in [7, 11) is 0. The molecule has 5 aliphatic heterocycles. The molecule has 1 saturated heterocycles. The van der Waals surface area contributed by atoms with Crippen LogP contribution >= 0.6 is 11.8 Å². The van der Waals surface area contributed by atoms with Gasteiger partial charge in [0.05, 0.1) is 40.9 Å². The van der Waals surface area contributed by atoms with Crippen LogP contribution in [0.4, 0.5) is 22.7 Å². The van der Waals surface area contributed by atoms with Gasteiger partial charge in [-0.1, -0.05) is 60.3 Å². The number of nitrogens with zero attached hydrogens (tertiary/aromatic N) is 6. The fourth-order valence-corrected chi connectivity index (χ4v) is 9.85. The highest BCUT2D eigenvalue weighted by Gasteiger charge is 2.59. The third kappa shape index (κ3) is 3.64. The minimum atomic E-state index is -0.0270. The molecule has 2 N–H and O–H groups in total. The smallest absolute Gasteiger partial charge is 0.157 e. The molecule has 6 atom stereocenters. The maximum absolute atomic E-state index is 6.52. The number of hydrogen-bond donors (Lipinski definition) is 2. The predicted molar refractivity (Wildman–Crippen MR) is 182 cm³/mol. The van der Waals surface area contributed by atoms with Crippen LogP contribution in [-0.2, 0) is 0 Å². The molecule has 230 valence electrons. The van der Waals surface area contributed by atoms with Crippen LogP contribution in [0.3, 0.4) is 0 Å². The quantitative estimate of drug-likeness (QED) is 0.257. The van der Waals surface area contributed by atoms with Crippen molar-refractivity contribution in [2.24, 2.45) is 10.2 Å². The second-order valence-corrected chi connectivity index (χ2v) is 13.9. The molecule has 2 fully saturated rings. The van der Waals surface area contributed by atoms with E-state index in [2.05, 4.69) is 141 Å². The lowest BCUT2D eigenvalue weighted by atomic mass is 9.76. The van der Waals surface area contributed by atoms with Gasteiger partial charge < -0.3 is 24.3 Å². The van der Waals surface area contributed by atoms with Gasteiger partial charge in [-0.2, -0.15) is 10.2 Å². The molecule has 5 heterocycles. The second-order valence-electron chi connectivity index (χ2n) is 12.8. The Balaban J connectivity index is 1.19. The SMILES string of the molecule is CC1=NNC2C3NN=C(C)N3C3C(N4c5ccccc5Oc5ccccc54)CC(N4c5ccccc5Sc5ccccc54)CC3N12. The third-order valence-corrected chi connectivity index (χ3v) is 11.6. The van der Waals surface area contributed by atoms with Crippen molar-refractivity contribution in [3.63, 3.8) is 0 Å². The molecule has 9 nitrogen and oxygen atoms in total. The van der Waals surface area contributed by atoms with Crippen LogP contribution < -0.4 is 25.4 Å². The molecule has 0 bridgehead atoms. The number of hydrazone groups is 2. The van der Waals surface area contributed by atoms with Gasteiger partial charge in [-0.05, 0) is 75.2 Å². The van der Waals surface area contributed by atoms with Crippen LogP contribution in [0.25, 0.3) is 0 Å². The van der Waals surface area contributed by atoms with Crippen LogP contribution in [0.2, 0.25) is 0 Å². The summed E-state index contributed by atoms with van der Waals surface area (Å²) in [4.78, 5) is 12.9. The number of para-hydroxylation sites is 6. The van der Waals surface area contributed by atoms with E-state index in [-0.39, 0.29) is 36.5 Å². The summed E-state index contributed by atoms with van der Waals surface area (Å²) in [5, 5.41) is 9.61. The fraction of sp³-hybridized carbons (Fsp3) is 0.278. The fourth-order valence-electron chi connectivity index (χ4n) is 8.78. The van der Waals surface area contributed by atoms with E-state index < -0.39 is 0 Å². The Hall–Kier alpha value is -4.83. The van der Waals surface area contributed by atoms with E-state index in [0.717, 1.165) is 47.4 Å². The molecule has 1 saturated carbocycles. The standard InChI is InChI=1S/C36H34N8OS/c1-21-37-39-35-36-40-38-22(2)42(36)34-28(41(21)35)19-23(43-26-13-5-9-17-32(26)46-33-18-10-6-14-27(33)43)20-29(34)44-24-11-3-7-15-30(24)45-31-16-8-4-12-25(31)44/h3-18,23,28-29,34-36,39-40H,19-20H2,1-2H3. The molecule has 0 radical (unpaired) electrons. The van der Waals surface area contributed by atoms with E-state index in [1.54, 1.807) is 0 Å². The Morgan fingerprint density at radius 1 is 0.609 bits per heavy atom. The van der Waals surface area contributed by atoms with E-state index in [1.807, 2.05) is 11.8 Å². The monoisotopic (exact) mass is 626 g/mol. The highest BCUT2D eigenvalue weighted by atomic mass is 32.2. The molecule has 4 aromatic carbocycles. The molecule has 0 aromatic heterocycles. The van der Waals surface area contributed by atoms with Gasteiger partial charge in [0.2, 0.25) is 0 Å². The molecule has 0 amide bonds. The van der Waals surface area contributed by atoms with Gasteiger partial charge in [-0.3, -0.25) is 10.9 Å². The van der Waals surface area contributed by atoms with Crippen molar-refractivity contribution in [2.75, 3.05) is 9.80 Å². The molecule has 0 spiro atoms. The minimum Gasteiger partial charge on any atom is -0.453 e. The van der Waals surface area contributed by atoms with Crippen LogP contribution in [0.1, 0.15) is 26.7 Å². The number of fused-ring (bicyclic) bond motifs is 10. The second kappa shape index (κ2) is 9.83. The lowest BCUT2D eigenvalue weighted by Crippen LogP contribution is -2.77. The first kappa shape index (κ1) is 26.4. The molecular formula is C36H34N8OS. The maximum atomic E-state index is 6.52. The molecule has 6 aliphatic rings. The summed E-state index contributed by atoms with van der Waals surface area (Å²) < 4.78 is 6.52. The first-order valence-electron chi connectivity index (χ1n) is 16.1. The maximum Gasteiger partial charge on any atom is 0.157 e. The van der Waals surface area contributed by atoms with E-state index >= 15 is 0 Å². The van der Waals surface area contributed by atoms with Gasteiger partial charge >= 0.3 is 0 Å². The summed E-state index contributed by atoms with van der Waals surface area (Å²) in [5.74, 6) is 3.83. The topological polar surface area (TPSA) is 71.0 Å². The van der Waals surface area contributed by atoms with Crippen molar-refractivity contribution in [3.05, 3.63) is 97.1 Å². The summed E-state index contributed by atoms with van der Waals surface area (Å²) in [6, 6.07) is 35.4. The van der Waals surface area contributed by atoms with E-state index in [4.69, 9.17) is 14.9 Å². The molecule has 10 heteroatoms. The number of rotatable bonds is 2. The van der Waals surface area contributed by atoms with E-state index in [0.29, 0.717) is 0 Å². The Morgan fingerprint density at radius 2 is 1.11 bits per heavy atom. The van der Waals surface area contributed by atoms with Gasteiger partial charge in [0.1, 0.15) is 11.7 Å².